The van der Waals surface area contributed by atoms with E-state index in [0.29, 0.717) is 0 Å². The average Bonchev–Trinajstić information content (AvgIpc) is 2.07. The molecule has 0 unspecified atom stereocenters. The minimum atomic E-state index is -1.000. The smallest absolute Gasteiger partial charge is 0.323 e. The lowest BCUT2D eigenvalue weighted by Gasteiger charge is -2.12. The highest BCUT2D eigenvalue weighted by Crippen LogP contribution is 2.11. The largest absolute Gasteiger partial charge is 0.480 e. The Labute approximate surface area is 81.8 Å². The van der Waals surface area contributed by atoms with Crippen LogP contribution in [0.2, 0.25) is 0 Å². The van der Waals surface area contributed by atoms with Gasteiger partial charge in [-0.1, -0.05) is 19.9 Å². The SMILES string of the molecule is CC(C)c1cccc(=O)n1CC(=O)O. The quantitative estimate of drug-likeness (QED) is 0.784. The third kappa shape index (κ3) is 2.22. The Morgan fingerprint density at radius 2 is 2.14 bits per heavy atom. The zero-order chi connectivity index (χ0) is 10.7. The van der Waals surface area contributed by atoms with Crippen LogP contribution < -0.4 is 5.56 Å². The molecule has 0 spiro atoms. The van der Waals surface area contributed by atoms with Crippen LogP contribution in [0, 0.1) is 0 Å². The van der Waals surface area contributed by atoms with Crippen LogP contribution >= 0.6 is 0 Å². The summed E-state index contributed by atoms with van der Waals surface area (Å²) in [5.74, 6) is -0.858. The van der Waals surface area contributed by atoms with E-state index in [1.54, 1.807) is 12.1 Å². The molecule has 4 heteroatoms. The van der Waals surface area contributed by atoms with Crippen molar-refractivity contribution in [2.24, 2.45) is 0 Å². The number of aliphatic carboxylic acids is 1. The van der Waals surface area contributed by atoms with Gasteiger partial charge in [0.25, 0.3) is 5.56 Å². The van der Waals surface area contributed by atoms with Crippen LogP contribution in [0.5, 0.6) is 0 Å². The summed E-state index contributed by atoms with van der Waals surface area (Å²) in [6.07, 6.45) is 0. The molecule has 4 nitrogen and oxygen atoms in total. The molecule has 76 valence electrons. The van der Waals surface area contributed by atoms with Crippen LogP contribution in [0.15, 0.2) is 23.0 Å². The van der Waals surface area contributed by atoms with Crippen LogP contribution in [0.4, 0.5) is 0 Å². The van der Waals surface area contributed by atoms with Crippen molar-refractivity contribution in [3.63, 3.8) is 0 Å². The monoisotopic (exact) mass is 195 g/mol. The molecule has 1 aromatic heterocycles. The standard InChI is InChI=1S/C10H13NO3/c1-7(2)8-4-3-5-9(12)11(8)6-10(13)14/h3-5,7H,6H2,1-2H3,(H,13,14). The van der Waals surface area contributed by atoms with Gasteiger partial charge in [-0.25, -0.2) is 0 Å². The Kier molecular flexibility index (Phi) is 3.06. The molecule has 0 fully saturated rings. The van der Waals surface area contributed by atoms with Crippen LogP contribution in [0.1, 0.15) is 25.5 Å². The van der Waals surface area contributed by atoms with Gasteiger partial charge in [0.2, 0.25) is 0 Å². The van der Waals surface area contributed by atoms with Gasteiger partial charge < -0.3 is 9.67 Å². The molecule has 1 N–H and O–H groups in total. The number of hydrogen-bond acceptors (Lipinski definition) is 2. The van der Waals surface area contributed by atoms with Gasteiger partial charge in [0.1, 0.15) is 6.54 Å². The predicted molar refractivity (Wildman–Crippen MR) is 52.4 cm³/mol. The van der Waals surface area contributed by atoms with Crippen LogP contribution in [0.25, 0.3) is 0 Å². The molecule has 0 amide bonds. The van der Waals surface area contributed by atoms with Crippen molar-refractivity contribution in [3.8, 4) is 0 Å². The first-order valence-electron chi connectivity index (χ1n) is 4.44. The molecular formula is C10H13NO3. The minimum Gasteiger partial charge on any atom is -0.480 e. The molecule has 0 saturated heterocycles. The molecule has 1 aromatic rings. The summed E-state index contributed by atoms with van der Waals surface area (Å²) in [5.41, 5.74) is 0.485. The summed E-state index contributed by atoms with van der Waals surface area (Å²) in [6.45, 7) is 3.58. The van der Waals surface area contributed by atoms with Crippen LogP contribution in [0.3, 0.4) is 0 Å². The van der Waals surface area contributed by atoms with E-state index in [1.165, 1.54) is 10.6 Å². The van der Waals surface area contributed by atoms with E-state index < -0.39 is 5.97 Å². The first-order valence-corrected chi connectivity index (χ1v) is 4.44. The molecule has 0 radical (unpaired) electrons. The molecule has 1 rings (SSSR count). The van der Waals surface area contributed by atoms with Gasteiger partial charge in [0, 0.05) is 11.8 Å². The van der Waals surface area contributed by atoms with E-state index in [0.717, 1.165) is 5.69 Å². The molecule has 0 aliphatic carbocycles. The van der Waals surface area contributed by atoms with E-state index >= 15 is 0 Å². The highest BCUT2D eigenvalue weighted by molar-refractivity contribution is 5.66. The Hall–Kier alpha value is -1.58. The van der Waals surface area contributed by atoms with Gasteiger partial charge in [0.05, 0.1) is 0 Å². The maximum atomic E-state index is 11.4. The summed E-state index contributed by atoms with van der Waals surface area (Å²) in [5, 5.41) is 8.64. The molecular weight excluding hydrogens is 182 g/mol. The summed E-state index contributed by atoms with van der Waals surface area (Å²) < 4.78 is 1.28. The number of nitrogens with zero attached hydrogens (tertiary/aromatic N) is 1. The third-order valence-electron chi connectivity index (χ3n) is 1.97. The second-order valence-corrected chi connectivity index (χ2v) is 3.42. The van der Waals surface area contributed by atoms with E-state index in [9.17, 15) is 9.59 Å². The van der Waals surface area contributed by atoms with E-state index in [4.69, 9.17) is 5.11 Å². The maximum absolute atomic E-state index is 11.4. The predicted octanol–water partition coefficient (Wildman–Crippen LogP) is 1.06. The van der Waals surface area contributed by atoms with E-state index in [2.05, 4.69) is 0 Å². The normalized spacial score (nSPS) is 10.5. The second-order valence-electron chi connectivity index (χ2n) is 3.42. The first-order chi connectivity index (χ1) is 6.52. The zero-order valence-electron chi connectivity index (χ0n) is 8.23. The van der Waals surface area contributed by atoms with Gasteiger partial charge in [0.15, 0.2) is 0 Å². The van der Waals surface area contributed by atoms with Crippen LogP contribution in [-0.2, 0) is 11.3 Å². The Morgan fingerprint density at radius 3 is 2.64 bits per heavy atom. The lowest BCUT2D eigenvalue weighted by atomic mass is 10.1. The Morgan fingerprint density at radius 1 is 1.50 bits per heavy atom. The number of rotatable bonds is 3. The molecule has 0 aromatic carbocycles. The molecule has 1 heterocycles. The summed E-state index contributed by atoms with van der Waals surface area (Å²) in [7, 11) is 0. The fourth-order valence-corrected chi connectivity index (χ4v) is 1.34. The fraction of sp³-hybridized carbons (Fsp3) is 0.400. The summed E-state index contributed by atoms with van der Waals surface area (Å²) in [6, 6.07) is 4.79. The van der Waals surface area contributed by atoms with E-state index in [1.807, 2.05) is 13.8 Å². The van der Waals surface area contributed by atoms with Gasteiger partial charge in [-0.2, -0.15) is 0 Å². The molecule has 0 saturated carbocycles. The van der Waals surface area contributed by atoms with Gasteiger partial charge in [-0.3, -0.25) is 9.59 Å². The topological polar surface area (TPSA) is 59.3 Å². The van der Waals surface area contributed by atoms with Crippen molar-refractivity contribution in [2.45, 2.75) is 26.3 Å². The first kappa shape index (κ1) is 10.5. The molecule has 0 bridgehead atoms. The summed E-state index contributed by atoms with van der Waals surface area (Å²) in [4.78, 5) is 21.9. The second kappa shape index (κ2) is 4.09. The molecule has 14 heavy (non-hydrogen) atoms. The maximum Gasteiger partial charge on any atom is 0.323 e. The number of pyridine rings is 1. The Balaban J connectivity index is 3.22. The molecule has 0 aliphatic heterocycles. The van der Waals surface area contributed by atoms with E-state index in [-0.39, 0.29) is 18.0 Å². The number of carboxylic acids is 1. The molecule has 0 atom stereocenters. The minimum absolute atomic E-state index is 0.142. The lowest BCUT2D eigenvalue weighted by Crippen LogP contribution is -2.26. The van der Waals surface area contributed by atoms with Gasteiger partial charge in [-0.05, 0) is 12.0 Å². The average molecular weight is 195 g/mol. The number of hydrogen-bond donors (Lipinski definition) is 1. The number of carboxylic acid groups (broad SMARTS) is 1. The fourth-order valence-electron chi connectivity index (χ4n) is 1.34. The highest BCUT2D eigenvalue weighted by atomic mass is 16.4. The summed E-state index contributed by atoms with van der Waals surface area (Å²) >= 11 is 0. The van der Waals surface area contributed by atoms with Crippen molar-refractivity contribution in [1.29, 1.82) is 0 Å². The van der Waals surface area contributed by atoms with Crippen molar-refractivity contribution >= 4 is 5.97 Å². The highest BCUT2D eigenvalue weighted by Gasteiger charge is 2.09. The zero-order valence-corrected chi connectivity index (χ0v) is 8.23. The van der Waals surface area contributed by atoms with Crippen LogP contribution in [-0.4, -0.2) is 15.6 Å². The van der Waals surface area contributed by atoms with Gasteiger partial charge in [-0.15, -0.1) is 0 Å². The van der Waals surface area contributed by atoms with Crippen molar-refractivity contribution < 1.29 is 9.90 Å². The Bertz CT molecular complexity index is 393. The molecule has 0 aliphatic rings. The lowest BCUT2D eigenvalue weighted by molar-refractivity contribution is -0.137. The number of aromatic nitrogens is 1. The van der Waals surface area contributed by atoms with Crippen molar-refractivity contribution in [1.82, 2.24) is 4.57 Å². The van der Waals surface area contributed by atoms with Gasteiger partial charge >= 0.3 is 5.97 Å². The third-order valence-corrected chi connectivity index (χ3v) is 1.97. The number of carbonyl (C=O) groups is 1. The van der Waals surface area contributed by atoms with Crippen molar-refractivity contribution in [3.05, 3.63) is 34.2 Å². The van der Waals surface area contributed by atoms with Crippen molar-refractivity contribution in [2.75, 3.05) is 0 Å².